The van der Waals surface area contributed by atoms with Gasteiger partial charge in [0, 0.05) is 11.6 Å². The molecule has 0 amide bonds. The molecular formula is C16H10F4N2O. The monoisotopic (exact) mass is 322 g/mol. The third-order valence-electron chi connectivity index (χ3n) is 3.61. The smallest absolute Gasteiger partial charge is 0.433 e. The second kappa shape index (κ2) is 5.54. The Morgan fingerprint density at radius 2 is 1.87 bits per heavy atom. The SMILES string of the molecule is N#Cc1cc(F)cc(Oc2cnc(C(F)(F)F)c3c2CCC3)c1. The normalized spacial score (nSPS) is 13.5. The molecule has 0 bridgehead atoms. The molecule has 1 aliphatic carbocycles. The van der Waals surface area contributed by atoms with E-state index in [1.807, 2.05) is 0 Å². The molecule has 3 rings (SSSR count). The number of aromatic nitrogens is 1. The van der Waals surface area contributed by atoms with Crippen molar-refractivity contribution in [3.8, 4) is 17.6 Å². The van der Waals surface area contributed by atoms with Crippen molar-refractivity contribution < 1.29 is 22.3 Å². The predicted molar refractivity (Wildman–Crippen MR) is 72.5 cm³/mol. The molecule has 0 radical (unpaired) electrons. The summed E-state index contributed by atoms with van der Waals surface area (Å²) in [5.41, 5.74) is -0.257. The molecule has 0 unspecified atom stereocenters. The Bertz CT molecular complexity index is 809. The van der Waals surface area contributed by atoms with E-state index < -0.39 is 17.7 Å². The van der Waals surface area contributed by atoms with Crippen molar-refractivity contribution in [1.29, 1.82) is 5.26 Å². The Balaban J connectivity index is 2.01. The second-order valence-electron chi connectivity index (χ2n) is 5.17. The fourth-order valence-electron chi connectivity index (χ4n) is 2.70. The van der Waals surface area contributed by atoms with Crippen LogP contribution < -0.4 is 4.74 Å². The van der Waals surface area contributed by atoms with Crippen LogP contribution in [0.3, 0.4) is 0 Å². The maximum atomic E-state index is 13.4. The number of halogens is 4. The lowest BCUT2D eigenvalue weighted by Crippen LogP contribution is -2.12. The number of hydrogen-bond acceptors (Lipinski definition) is 3. The number of nitrogens with zero attached hydrogens (tertiary/aromatic N) is 2. The Labute approximate surface area is 129 Å². The van der Waals surface area contributed by atoms with Crippen molar-refractivity contribution in [2.45, 2.75) is 25.4 Å². The molecule has 118 valence electrons. The Hall–Kier alpha value is -2.62. The van der Waals surface area contributed by atoms with Gasteiger partial charge in [0.1, 0.15) is 23.0 Å². The number of fused-ring (bicyclic) bond motifs is 1. The molecule has 23 heavy (non-hydrogen) atoms. The molecule has 0 saturated carbocycles. The van der Waals surface area contributed by atoms with E-state index in [4.69, 9.17) is 10.00 Å². The van der Waals surface area contributed by atoms with Gasteiger partial charge in [-0.15, -0.1) is 0 Å². The molecule has 0 N–H and O–H groups in total. The van der Waals surface area contributed by atoms with Crippen LogP contribution in [0.15, 0.2) is 24.4 Å². The average Bonchev–Trinajstić information content (AvgIpc) is 2.95. The van der Waals surface area contributed by atoms with Crippen molar-refractivity contribution >= 4 is 0 Å². The molecular weight excluding hydrogens is 312 g/mol. The summed E-state index contributed by atoms with van der Waals surface area (Å²) in [6, 6.07) is 5.23. The van der Waals surface area contributed by atoms with E-state index in [1.165, 1.54) is 6.07 Å². The molecule has 7 heteroatoms. The van der Waals surface area contributed by atoms with Crippen LogP contribution in [-0.2, 0) is 19.0 Å². The van der Waals surface area contributed by atoms with Gasteiger partial charge in [-0.05, 0) is 37.0 Å². The number of pyridine rings is 1. The van der Waals surface area contributed by atoms with Crippen LogP contribution in [0.2, 0.25) is 0 Å². The van der Waals surface area contributed by atoms with Gasteiger partial charge < -0.3 is 4.74 Å². The topological polar surface area (TPSA) is 45.9 Å². The number of rotatable bonds is 2. The highest BCUT2D eigenvalue weighted by atomic mass is 19.4. The maximum absolute atomic E-state index is 13.4. The first-order valence-corrected chi connectivity index (χ1v) is 6.85. The molecule has 0 aliphatic heterocycles. The summed E-state index contributed by atoms with van der Waals surface area (Å²) in [5.74, 6) is -0.437. The van der Waals surface area contributed by atoms with E-state index in [2.05, 4.69) is 4.98 Å². The highest BCUT2D eigenvalue weighted by Gasteiger charge is 2.38. The van der Waals surface area contributed by atoms with Crippen LogP contribution in [0.4, 0.5) is 17.6 Å². The minimum atomic E-state index is -4.51. The lowest BCUT2D eigenvalue weighted by atomic mass is 10.1. The molecule has 1 aromatic carbocycles. The minimum absolute atomic E-state index is 0.0530. The number of nitriles is 1. The Morgan fingerprint density at radius 1 is 1.13 bits per heavy atom. The number of hydrogen-bond donors (Lipinski definition) is 0. The lowest BCUT2D eigenvalue weighted by Gasteiger charge is -2.15. The van der Waals surface area contributed by atoms with Gasteiger partial charge in [0.15, 0.2) is 0 Å². The standard InChI is InChI=1S/C16H10F4N2O/c17-10-4-9(7-21)5-11(6-10)23-14-8-22-15(16(18,19)20)13-3-1-2-12(13)14/h4-6,8H,1-3H2. The van der Waals surface area contributed by atoms with Crippen molar-refractivity contribution in [3.05, 3.63) is 52.6 Å². The van der Waals surface area contributed by atoms with Gasteiger partial charge in [0.05, 0.1) is 17.8 Å². The van der Waals surface area contributed by atoms with Crippen LogP contribution >= 0.6 is 0 Å². The molecule has 2 aromatic rings. The number of ether oxygens (including phenoxy) is 1. The molecule has 0 spiro atoms. The summed E-state index contributed by atoms with van der Waals surface area (Å²) in [6.07, 6.45) is -2.21. The van der Waals surface area contributed by atoms with Crippen LogP contribution in [0.5, 0.6) is 11.5 Å². The summed E-state index contributed by atoms with van der Waals surface area (Å²) in [6.45, 7) is 0. The summed E-state index contributed by atoms with van der Waals surface area (Å²) in [5, 5.41) is 8.82. The molecule has 3 nitrogen and oxygen atoms in total. The summed E-state index contributed by atoms with van der Waals surface area (Å²) in [4.78, 5) is 3.47. The Morgan fingerprint density at radius 3 is 2.57 bits per heavy atom. The molecule has 0 saturated heterocycles. The molecule has 1 heterocycles. The van der Waals surface area contributed by atoms with Gasteiger partial charge in [-0.2, -0.15) is 18.4 Å². The van der Waals surface area contributed by atoms with E-state index in [9.17, 15) is 17.6 Å². The largest absolute Gasteiger partial charge is 0.455 e. The van der Waals surface area contributed by atoms with E-state index in [0.29, 0.717) is 18.4 Å². The summed E-state index contributed by atoms with van der Waals surface area (Å²) in [7, 11) is 0. The fourth-order valence-corrected chi connectivity index (χ4v) is 2.70. The van der Waals surface area contributed by atoms with Crippen molar-refractivity contribution in [3.63, 3.8) is 0 Å². The van der Waals surface area contributed by atoms with Gasteiger partial charge in [-0.1, -0.05) is 0 Å². The highest BCUT2D eigenvalue weighted by Crippen LogP contribution is 2.40. The Kier molecular flexibility index (Phi) is 3.68. The van der Waals surface area contributed by atoms with Gasteiger partial charge in [-0.25, -0.2) is 9.37 Å². The molecule has 1 aromatic heterocycles. The zero-order valence-electron chi connectivity index (χ0n) is 11.7. The quantitative estimate of drug-likeness (QED) is 0.770. The van der Waals surface area contributed by atoms with Crippen LogP contribution in [0, 0.1) is 17.1 Å². The molecule has 0 atom stereocenters. The highest BCUT2D eigenvalue weighted by molar-refractivity contribution is 5.47. The summed E-state index contributed by atoms with van der Waals surface area (Å²) >= 11 is 0. The van der Waals surface area contributed by atoms with Crippen LogP contribution in [0.1, 0.15) is 28.8 Å². The van der Waals surface area contributed by atoms with Crippen LogP contribution in [-0.4, -0.2) is 4.98 Å². The lowest BCUT2D eigenvalue weighted by molar-refractivity contribution is -0.141. The maximum Gasteiger partial charge on any atom is 0.433 e. The van der Waals surface area contributed by atoms with Gasteiger partial charge in [-0.3, -0.25) is 0 Å². The minimum Gasteiger partial charge on any atom is -0.455 e. The van der Waals surface area contributed by atoms with E-state index in [1.54, 1.807) is 6.07 Å². The van der Waals surface area contributed by atoms with Crippen molar-refractivity contribution in [2.24, 2.45) is 0 Å². The first-order valence-electron chi connectivity index (χ1n) is 6.85. The van der Waals surface area contributed by atoms with E-state index in [0.717, 1.165) is 18.3 Å². The summed E-state index contributed by atoms with van der Waals surface area (Å²) < 4.78 is 57.8. The van der Waals surface area contributed by atoms with Crippen molar-refractivity contribution in [1.82, 2.24) is 4.98 Å². The first kappa shape index (κ1) is 15.3. The zero-order chi connectivity index (χ0) is 16.6. The van der Waals surface area contributed by atoms with E-state index >= 15 is 0 Å². The molecule has 1 aliphatic rings. The van der Waals surface area contributed by atoms with Gasteiger partial charge >= 0.3 is 6.18 Å². The zero-order valence-corrected chi connectivity index (χ0v) is 11.7. The molecule has 0 fully saturated rings. The second-order valence-corrected chi connectivity index (χ2v) is 5.17. The predicted octanol–water partition coefficient (Wildman–Crippen LogP) is 4.39. The van der Waals surface area contributed by atoms with E-state index in [-0.39, 0.29) is 29.0 Å². The fraction of sp³-hybridized carbons (Fsp3) is 0.250. The number of benzene rings is 1. The van der Waals surface area contributed by atoms with Crippen LogP contribution in [0.25, 0.3) is 0 Å². The van der Waals surface area contributed by atoms with Crippen molar-refractivity contribution in [2.75, 3.05) is 0 Å². The third kappa shape index (κ3) is 2.97. The third-order valence-corrected chi connectivity index (χ3v) is 3.61. The average molecular weight is 322 g/mol. The first-order chi connectivity index (χ1) is 10.9. The van der Waals surface area contributed by atoms with Gasteiger partial charge in [0.2, 0.25) is 0 Å². The van der Waals surface area contributed by atoms with Gasteiger partial charge in [0.25, 0.3) is 0 Å². The number of alkyl halides is 3.